The summed E-state index contributed by atoms with van der Waals surface area (Å²) in [5.74, 6) is 0.171. The summed E-state index contributed by atoms with van der Waals surface area (Å²) in [6.45, 7) is 1.02. The number of alkyl halides is 2. The first-order valence-electron chi connectivity index (χ1n) is 7.79. The molecule has 126 valence electrons. The highest BCUT2D eigenvalue weighted by Crippen LogP contribution is 2.45. The smallest absolute Gasteiger partial charge is 0.200 e. The van der Waals surface area contributed by atoms with Crippen molar-refractivity contribution in [1.29, 1.82) is 0 Å². The number of piperidine rings is 1. The Kier molecular flexibility index (Phi) is 4.04. The molecule has 1 unspecified atom stereocenters. The number of carbonyl (C=O) groups is 1. The molecule has 1 atom stereocenters. The zero-order chi connectivity index (χ0) is 16.7. The number of nitrogens with one attached hydrogen (secondary N) is 1. The van der Waals surface area contributed by atoms with Crippen molar-refractivity contribution in [2.75, 3.05) is 27.3 Å². The van der Waals surface area contributed by atoms with Crippen LogP contribution in [0.1, 0.15) is 35.2 Å². The molecular weight excluding hydrogens is 304 g/mol. The largest absolute Gasteiger partial charge is 0.493 e. The normalized spacial score (nSPS) is 26.0. The molecule has 1 fully saturated rings. The van der Waals surface area contributed by atoms with Crippen molar-refractivity contribution < 1.29 is 23.0 Å². The molecule has 6 heteroatoms. The number of benzene rings is 1. The first kappa shape index (κ1) is 16.2. The Bertz CT molecular complexity index is 629. The molecule has 1 aromatic carbocycles. The Morgan fingerprint density at radius 2 is 1.74 bits per heavy atom. The summed E-state index contributed by atoms with van der Waals surface area (Å²) in [5, 5.41) is 3.06. The quantitative estimate of drug-likeness (QED) is 0.924. The van der Waals surface area contributed by atoms with E-state index in [-0.39, 0.29) is 31.2 Å². The van der Waals surface area contributed by atoms with Crippen molar-refractivity contribution in [3.8, 4) is 11.5 Å². The molecule has 1 saturated heterocycles. The summed E-state index contributed by atoms with van der Waals surface area (Å²) in [4.78, 5) is 12.5. The summed E-state index contributed by atoms with van der Waals surface area (Å²) in [6.07, 6.45) is -0.0374. The molecule has 23 heavy (non-hydrogen) atoms. The second-order valence-corrected chi connectivity index (χ2v) is 6.41. The zero-order valence-electron chi connectivity index (χ0n) is 13.4. The van der Waals surface area contributed by atoms with Crippen LogP contribution < -0.4 is 14.8 Å². The van der Waals surface area contributed by atoms with Crippen LogP contribution in [0.2, 0.25) is 0 Å². The van der Waals surface area contributed by atoms with Gasteiger partial charge in [-0.3, -0.25) is 4.79 Å². The minimum Gasteiger partial charge on any atom is -0.493 e. The molecule has 1 heterocycles. The molecule has 3 rings (SSSR count). The average molecular weight is 325 g/mol. The molecule has 0 saturated carbocycles. The van der Waals surface area contributed by atoms with Crippen LogP contribution in [0.4, 0.5) is 8.78 Å². The molecular formula is C17H21F2NO3. The third kappa shape index (κ3) is 2.80. The monoisotopic (exact) mass is 325 g/mol. The third-order valence-electron chi connectivity index (χ3n) is 4.83. The number of hydrogen-bond donors (Lipinski definition) is 1. The minimum atomic E-state index is -2.19. The van der Waals surface area contributed by atoms with Crippen molar-refractivity contribution in [2.45, 2.75) is 37.0 Å². The maximum absolute atomic E-state index is 15.3. The number of carbonyl (C=O) groups excluding carboxylic acids is 1. The molecule has 1 N–H and O–H groups in total. The van der Waals surface area contributed by atoms with Crippen LogP contribution in [-0.2, 0) is 6.42 Å². The summed E-state index contributed by atoms with van der Waals surface area (Å²) in [5.41, 5.74) is -3.01. The SMILES string of the molecule is COc1cc2c(cc1OC)C(=O)C(F)(CC1(F)CCNCC1)C2. The van der Waals surface area contributed by atoms with Gasteiger partial charge in [0.15, 0.2) is 17.2 Å². The van der Waals surface area contributed by atoms with Crippen LogP contribution in [0.5, 0.6) is 11.5 Å². The van der Waals surface area contributed by atoms with E-state index < -0.39 is 17.1 Å². The van der Waals surface area contributed by atoms with Crippen molar-refractivity contribution in [2.24, 2.45) is 0 Å². The molecule has 1 aliphatic heterocycles. The number of hydrogen-bond acceptors (Lipinski definition) is 4. The number of rotatable bonds is 4. The lowest BCUT2D eigenvalue weighted by Gasteiger charge is -2.34. The van der Waals surface area contributed by atoms with Crippen molar-refractivity contribution in [3.63, 3.8) is 0 Å². The fourth-order valence-corrected chi connectivity index (χ4v) is 3.60. The van der Waals surface area contributed by atoms with Gasteiger partial charge < -0.3 is 14.8 Å². The standard InChI is InChI=1S/C17H21F2NO3/c1-22-13-7-11-9-17(19,10-16(18)3-5-20-6-4-16)15(21)12(11)8-14(13)23-2/h7-8,20H,3-6,9-10H2,1-2H3. The van der Waals surface area contributed by atoms with Crippen molar-refractivity contribution >= 4 is 5.78 Å². The molecule has 0 aromatic heterocycles. The van der Waals surface area contributed by atoms with Gasteiger partial charge in [0.05, 0.1) is 14.2 Å². The third-order valence-corrected chi connectivity index (χ3v) is 4.83. The number of fused-ring (bicyclic) bond motifs is 1. The molecule has 0 amide bonds. The lowest BCUT2D eigenvalue weighted by atomic mass is 9.81. The van der Waals surface area contributed by atoms with E-state index in [0.717, 1.165) is 0 Å². The zero-order valence-corrected chi connectivity index (χ0v) is 13.4. The summed E-state index contributed by atoms with van der Waals surface area (Å²) >= 11 is 0. The molecule has 2 aliphatic rings. The first-order valence-corrected chi connectivity index (χ1v) is 7.79. The second kappa shape index (κ2) is 5.74. The number of halogens is 2. The number of Topliss-reactive ketones (excluding diaryl/α,β-unsaturated/α-hetero) is 1. The Morgan fingerprint density at radius 3 is 2.35 bits per heavy atom. The number of ketones is 1. The van der Waals surface area contributed by atoms with Crippen LogP contribution in [-0.4, -0.2) is 44.4 Å². The van der Waals surface area contributed by atoms with Crippen molar-refractivity contribution in [3.05, 3.63) is 23.3 Å². The lowest BCUT2D eigenvalue weighted by Crippen LogP contribution is -2.45. The molecule has 1 aromatic rings. The van der Waals surface area contributed by atoms with E-state index in [9.17, 15) is 9.18 Å². The maximum Gasteiger partial charge on any atom is 0.200 e. The van der Waals surface area contributed by atoms with E-state index in [1.165, 1.54) is 20.3 Å². The molecule has 4 nitrogen and oxygen atoms in total. The van der Waals surface area contributed by atoms with Gasteiger partial charge in [-0.05, 0) is 43.6 Å². The molecule has 0 spiro atoms. The van der Waals surface area contributed by atoms with Gasteiger partial charge >= 0.3 is 0 Å². The minimum absolute atomic E-state index is 0.110. The van der Waals surface area contributed by atoms with Gasteiger partial charge in [0.2, 0.25) is 5.78 Å². The number of ether oxygens (including phenoxy) is 2. The second-order valence-electron chi connectivity index (χ2n) is 6.41. The van der Waals surface area contributed by atoms with Gasteiger partial charge in [-0.25, -0.2) is 8.78 Å². The Balaban J connectivity index is 1.90. The van der Waals surface area contributed by atoms with Crippen LogP contribution in [0.15, 0.2) is 12.1 Å². The van der Waals surface area contributed by atoms with Gasteiger partial charge in [-0.1, -0.05) is 0 Å². The van der Waals surface area contributed by atoms with E-state index in [1.54, 1.807) is 6.07 Å². The first-order chi connectivity index (χ1) is 10.9. The van der Waals surface area contributed by atoms with Crippen LogP contribution in [0, 0.1) is 0 Å². The van der Waals surface area contributed by atoms with E-state index in [2.05, 4.69) is 5.32 Å². The Hall–Kier alpha value is -1.69. The van der Waals surface area contributed by atoms with Gasteiger partial charge in [-0.2, -0.15) is 0 Å². The van der Waals surface area contributed by atoms with E-state index in [4.69, 9.17) is 9.47 Å². The summed E-state index contributed by atoms with van der Waals surface area (Å²) in [6, 6.07) is 3.10. The molecule has 0 radical (unpaired) electrons. The van der Waals surface area contributed by atoms with E-state index >= 15 is 4.39 Å². The van der Waals surface area contributed by atoms with Crippen LogP contribution in [0.3, 0.4) is 0 Å². The molecule has 0 bridgehead atoms. The highest BCUT2D eigenvalue weighted by Gasteiger charge is 2.52. The van der Waals surface area contributed by atoms with E-state index in [1.807, 2.05) is 0 Å². The number of methoxy groups -OCH3 is 2. The summed E-state index contributed by atoms with van der Waals surface area (Å²) < 4.78 is 40.5. The van der Waals surface area contributed by atoms with Gasteiger partial charge in [0, 0.05) is 18.4 Å². The Labute approximate surface area is 134 Å². The van der Waals surface area contributed by atoms with Gasteiger partial charge in [-0.15, -0.1) is 0 Å². The van der Waals surface area contributed by atoms with Crippen LogP contribution in [0.25, 0.3) is 0 Å². The fraction of sp³-hybridized carbons (Fsp3) is 0.588. The van der Waals surface area contributed by atoms with E-state index in [0.29, 0.717) is 30.2 Å². The fourth-order valence-electron chi connectivity index (χ4n) is 3.60. The van der Waals surface area contributed by atoms with Gasteiger partial charge in [0.25, 0.3) is 0 Å². The van der Waals surface area contributed by atoms with Crippen molar-refractivity contribution in [1.82, 2.24) is 5.32 Å². The Morgan fingerprint density at radius 1 is 1.13 bits per heavy atom. The molecule has 1 aliphatic carbocycles. The predicted molar refractivity (Wildman–Crippen MR) is 82.0 cm³/mol. The average Bonchev–Trinajstić information content (AvgIpc) is 2.76. The maximum atomic E-state index is 15.3. The topological polar surface area (TPSA) is 47.6 Å². The highest BCUT2D eigenvalue weighted by molar-refractivity contribution is 6.07. The van der Waals surface area contributed by atoms with Gasteiger partial charge in [0.1, 0.15) is 5.67 Å². The highest BCUT2D eigenvalue weighted by atomic mass is 19.2. The predicted octanol–water partition coefficient (Wildman–Crippen LogP) is 2.63. The summed E-state index contributed by atoms with van der Waals surface area (Å²) in [7, 11) is 2.94. The lowest BCUT2D eigenvalue weighted by molar-refractivity contribution is 0.0248. The van der Waals surface area contributed by atoms with Crippen LogP contribution >= 0.6 is 0 Å².